The number of hydrogen-bond donors (Lipinski definition) is 0. The van der Waals surface area contributed by atoms with Crippen molar-refractivity contribution in [3.05, 3.63) is 20.2 Å². The van der Waals surface area contributed by atoms with E-state index >= 15 is 0 Å². The lowest BCUT2D eigenvalue weighted by atomic mass is 9.92. The molecule has 1 fully saturated rings. The Morgan fingerprint density at radius 1 is 1.28 bits per heavy atom. The molecule has 100 valence electrons. The van der Waals surface area contributed by atoms with Gasteiger partial charge in [0.05, 0.1) is 29.1 Å². The van der Waals surface area contributed by atoms with E-state index in [9.17, 15) is 0 Å². The van der Waals surface area contributed by atoms with Crippen molar-refractivity contribution < 1.29 is 9.47 Å². The summed E-state index contributed by atoms with van der Waals surface area (Å²) in [5.41, 5.74) is 0.875. The fourth-order valence-electron chi connectivity index (χ4n) is 1.71. The Morgan fingerprint density at radius 3 is 2.56 bits per heavy atom. The summed E-state index contributed by atoms with van der Waals surface area (Å²) in [6.07, 6.45) is -0.214. The first-order valence-electron chi connectivity index (χ1n) is 5.82. The predicted octanol–water partition coefficient (Wildman–Crippen LogP) is 3.12. The third-order valence-corrected chi connectivity index (χ3v) is 4.26. The second kappa shape index (κ2) is 5.56. The van der Waals surface area contributed by atoms with Gasteiger partial charge in [0.1, 0.15) is 11.3 Å². The van der Waals surface area contributed by atoms with E-state index in [1.807, 2.05) is 0 Å². The lowest BCUT2D eigenvalue weighted by Crippen LogP contribution is -2.26. The van der Waals surface area contributed by atoms with Gasteiger partial charge in [0.25, 0.3) is 0 Å². The van der Waals surface area contributed by atoms with Crippen molar-refractivity contribution in [2.45, 2.75) is 32.3 Å². The van der Waals surface area contributed by atoms with Gasteiger partial charge in [-0.05, 0) is 22.6 Å². The first-order valence-corrected chi connectivity index (χ1v) is 7.28. The van der Waals surface area contributed by atoms with E-state index in [0.717, 1.165) is 9.26 Å². The molecule has 0 aromatic carbocycles. The minimum Gasteiger partial charge on any atom is -0.376 e. The highest BCUT2D eigenvalue weighted by atomic mass is 127. The van der Waals surface area contributed by atoms with Crippen molar-refractivity contribution in [1.82, 2.24) is 9.97 Å². The molecular weight excluding hydrogens is 367 g/mol. The Hall–Kier alpha value is 0.0200. The molecule has 0 N–H and O–H groups in total. The highest BCUT2D eigenvalue weighted by molar-refractivity contribution is 14.1. The van der Waals surface area contributed by atoms with Crippen molar-refractivity contribution in [2.24, 2.45) is 0 Å². The molecule has 1 aromatic heterocycles. The van der Waals surface area contributed by atoms with E-state index in [2.05, 4.69) is 53.3 Å². The van der Waals surface area contributed by atoms with E-state index in [0.29, 0.717) is 30.8 Å². The molecule has 2 heterocycles. The predicted molar refractivity (Wildman–Crippen MR) is 78.0 cm³/mol. The maximum Gasteiger partial charge on any atom is 0.161 e. The summed E-state index contributed by atoms with van der Waals surface area (Å²) in [6, 6.07) is 0. The molecule has 1 aromatic rings. The summed E-state index contributed by atoms with van der Waals surface area (Å²) in [4.78, 5) is 8.93. The maximum atomic E-state index is 6.19. The molecule has 0 amide bonds. The fourth-order valence-corrected chi connectivity index (χ4v) is 2.94. The Kier molecular flexibility index (Phi) is 4.46. The van der Waals surface area contributed by atoms with Crippen LogP contribution in [0.4, 0.5) is 0 Å². The molecule has 1 aliphatic rings. The van der Waals surface area contributed by atoms with E-state index in [1.54, 1.807) is 0 Å². The van der Waals surface area contributed by atoms with Crippen molar-refractivity contribution in [3.63, 3.8) is 0 Å². The van der Waals surface area contributed by atoms with Gasteiger partial charge in [-0.2, -0.15) is 0 Å². The average molecular weight is 383 g/mol. The van der Waals surface area contributed by atoms with Gasteiger partial charge in [0.2, 0.25) is 0 Å². The van der Waals surface area contributed by atoms with Crippen LogP contribution < -0.4 is 0 Å². The molecule has 1 atom stereocenters. The Morgan fingerprint density at radius 2 is 2.00 bits per heavy atom. The highest BCUT2D eigenvalue weighted by Crippen LogP contribution is 2.31. The zero-order chi connectivity index (χ0) is 13.3. The third-order valence-electron chi connectivity index (χ3n) is 2.64. The van der Waals surface area contributed by atoms with Gasteiger partial charge in [-0.15, -0.1) is 0 Å². The third kappa shape index (κ3) is 3.12. The highest BCUT2D eigenvalue weighted by Gasteiger charge is 2.26. The van der Waals surface area contributed by atoms with Crippen LogP contribution in [0.2, 0.25) is 5.15 Å². The Bertz CT molecular complexity index is 442. The lowest BCUT2D eigenvalue weighted by Gasteiger charge is -2.25. The molecule has 2 rings (SSSR count). The SMILES string of the molecule is CC(C)(C)c1nc(C2COCCO2)nc(Cl)c1I. The van der Waals surface area contributed by atoms with Crippen LogP contribution in [0.3, 0.4) is 0 Å². The van der Waals surface area contributed by atoms with Gasteiger partial charge < -0.3 is 9.47 Å². The molecule has 6 heteroatoms. The molecule has 4 nitrogen and oxygen atoms in total. The van der Waals surface area contributed by atoms with Crippen molar-refractivity contribution in [1.29, 1.82) is 0 Å². The van der Waals surface area contributed by atoms with E-state index in [-0.39, 0.29) is 11.5 Å². The van der Waals surface area contributed by atoms with Gasteiger partial charge in [-0.3, -0.25) is 0 Å². The van der Waals surface area contributed by atoms with Gasteiger partial charge in [0.15, 0.2) is 5.82 Å². The molecule has 1 aliphatic heterocycles. The number of rotatable bonds is 1. The first-order chi connectivity index (χ1) is 8.39. The Balaban J connectivity index is 2.40. The minimum absolute atomic E-state index is 0.0760. The van der Waals surface area contributed by atoms with Gasteiger partial charge in [0, 0.05) is 5.41 Å². The second-order valence-corrected chi connectivity index (χ2v) is 6.66. The number of nitrogens with zero attached hydrogens (tertiary/aromatic N) is 2. The van der Waals surface area contributed by atoms with Crippen LogP contribution in [-0.4, -0.2) is 29.8 Å². The number of hydrogen-bond acceptors (Lipinski definition) is 4. The molecule has 1 unspecified atom stereocenters. The quantitative estimate of drug-likeness (QED) is 0.553. The molecular formula is C12H16ClIN2O2. The minimum atomic E-state index is -0.214. The summed E-state index contributed by atoms with van der Waals surface area (Å²) >= 11 is 8.38. The Labute approximate surface area is 126 Å². The van der Waals surface area contributed by atoms with E-state index in [4.69, 9.17) is 21.1 Å². The molecule has 1 saturated heterocycles. The smallest absolute Gasteiger partial charge is 0.161 e. The van der Waals surface area contributed by atoms with Gasteiger partial charge in [-0.25, -0.2) is 9.97 Å². The molecule has 0 spiro atoms. The molecule has 0 bridgehead atoms. The standard InChI is InChI=1S/C12H16ClIN2O2/c1-12(2,3)9-8(14)10(13)16-11(15-9)7-6-17-4-5-18-7/h7H,4-6H2,1-3H3. The van der Waals surface area contributed by atoms with Crippen LogP contribution in [0.1, 0.15) is 38.4 Å². The van der Waals surface area contributed by atoms with E-state index in [1.165, 1.54) is 0 Å². The molecule has 0 radical (unpaired) electrons. The van der Waals surface area contributed by atoms with Gasteiger partial charge >= 0.3 is 0 Å². The van der Waals surface area contributed by atoms with Crippen molar-refractivity contribution >= 4 is 34.2 Å². The van der Waals surface area contributed by atoms with Crippen LogP contribution in [0.25, 0.3) is 0 Å². The van der Waals surface area contributed by atoms with Crippen molar-refractivity contribution in [3.8, 4) is 0 Å². The summed E-state index contributed by atoms with van der Waals surface area (Å²) in [6.45, 7) is 8.01. The first kappa shape index (κ1) is 14.4. The normalized spacial score (nSPS) is 21.1. The van der Waals surface area contributed by atoms with Crippen LogP contribution in [0.5, 0.6) is 0 Å². The number of aromatic nitrogens is 2. The largest absolute Gasteiger partial charge is 0.376 e. The van der Waals surface area contributed by atoms with Crippen LogP contribution in [-0.2, 0) is 14.9 Å². The zero-order valence-corrected chi connectivity index (χ0v) is 13.6. The average Bonchev–Trinajstić information content (AvgIpc) is 2.32. The van der Waals surface area contributed by atoms with Crippen molar-refractivity contribution in [2.75, 3.05) is 19.8 Å². The summed E-state index contributed by atoms with van der Waals surface area (Å²) in [7, 11) is 0. The van der Waals surface area contributed by atoms with Gasteiger partial charge in [-0.1, -0.05) is 32.4 Å². The lowest BCUT2D eigenvalue weighted by molar-refractivity contribution is -0.0936. The molecule has 0 aliphatic carbocycles. The second-order valence-electron chi connectivity index (χ2n) is 5.22. The summed E-state index contributed by atoms with van der Waals surface area (Å²) in [5, 5.41) is 0.486. The fraction of sp³-hybridized carbons (Fsp3) is 0.667. The van der Waals surface area contributed by atoms with Crippen LogP contribution in [0, 0.1) is 3.57 Å². The molecule has 0 saturated carbocycles. The number of halogens is 2. The summed E-state index contributed by atoms with van der Waals surface area (Å²) < 4.78 is 11.9. The zero-order valence-electron chi connectivity index (χ0n) is 10.7. The molecule has 18 heavy (non-hydrogen) atoms. The monoisotopic (exact) mass is 382 g/mol. The maximum absolute atomic E-state index is 6.19. The summed E-state index contributed by atoms with van der Waals surface area (Å²) in [5.74, 6) is 0.616. The van der Waals surface area contributed by atoms with Crippen LogP contribution >= 0.6 is 34.2 Å². The number of ether oxygens (including phenoxy) is 2. The van der Waals surface area contributed by atoms with Crippen LogP contribution in [0.15, 0.2) is 0 Å². The topological polar surface area (TPSA) is 44.2 Å². The van der Waals surface area contributed by atoms with E-state index < -0.39 is 0 Å².